The number of nitrogens with zero attached hydrogens (tertiary/aromatic N) is 1. The van der Waals surface area contributed by atoms with Gasteiger partial charge in [-0.2, -0.15) is 0 Å². The van der Waals surface area contributed by atoms with E-state index in [1.54, 1.807) is 0 Å². The fraction of sp³-hybridized carbons (Fsp3) is 0.0500. The number of hydrogen-bond acceptors (Lipinski definition) is 4. The highest BCUT2D eigenvalue weighted by molar-refractivity contribution is 5.83. The molecule has 0 aliphatic rings. The number of carbonyl (C=O) groups is 1. The third-order valence-electron chi connectivity index (χ3n) is 4.01. The number of nitrogens with one attached hydrogen (secondary N) is 1. The summed E-state index contributed by atoms with van der Waals surface area (Å²) in [5, 5.41) is 14.0. The zero-order valence-electron chi connectivity index (χ0n) is 13.6. The lowest BCUT2D eigenvalue weighted by molar-refractivity contribution is -0.385. The highest BCUT2D eigenvalue weighted by Gasteiger charge is 2.21. The lowest BCUT2D eigenvalue weighted by atomic mass is 9.98. The van der Waals surface area contributed by atoms with Gasteiger partial charge in [0.15, 0.2) is 12.1 Å². The van der Waals surface area contributed by atoms with Gasteiger partial charge < -0.3 is 5.32 Å². The summed E-state index contributed by atoms with van der Waals surface area (Å²) in [7, 11) is 0. The molecule has 1 N–H and O–H groups in total. The van der Waals surface area contributed by atoms with E-state index in [0.29, 0.717) is 6.29 Å². The van der Waals surface area contributed by atoms with Crippen LogP contribution in [0, 0.1) is 15.9 Å². The van der Waals surface area contributed by atoms with E-state index in [1.165, 1.54) is 6.07 Å². The van der Waals surface area contributed by atoms with Gasteiger partial charge in [-0.05, 0) is 17.2 Å². The van der Waals surface area contributed by atoms with Crippen LogP contribution in [0.15, 0.2) is 72.8 Å². The molecule has 0 saturated heterocycles. The smallest absolute Gasteiger partial charge is 0.282 e. The molecule has 3 aromatic carbocycles. The summed E-state index contributed by atoms with van der Waals surface area (Å²) in [6, 6.07) is 20.4. The van der Waals surface area contributed by atoms with Gasteiger partial charge in [0.2, 0.25) is 0 Å². The highest BCUT2D eigenvalue weighted by atomic mass is 19.1. The summed E-state index contributed by atoms with van der Waals surface area (Å²) < 4.78 is 14.4. The first-order valence-electron chi connectivity index (χ1n) is 7.89. The van der Waals surface area contributed by atoms with Crippen molar-refractivity contribution in [1.82, 2.24) is 0 Å². The van der Waals surface area contributed by atoms with Crippen LogP contribution < -0.4 is 5.32 Å². The maximum absolute atomic E-state index is 14.4. The van der Waals surface area contributed by atoms with E-state index < -0.39 is 16.4 Å². The minimum absolute atomic E-state index is 0.0235. The largest absolute Gasteiger partial charge is 0.372 e. The predicted octanol–water partition coefficient (Wildman–Crippen LogP) is 4.75. The van der Waals surface area contributed by atoms with Crippen LogP contribution in [0.25, 0.3) is 0 Å². The maximum Gasteiger partial charge on any atom is 0.282 e. The summed E-state index contributed by atoms with van der Waals surface area (Å²) in [5.41, 5.74) is 1.07. The second kappa shape index (κ2) is 7.57. The number of hydrogen-bond donors (Lipinski definition) is 1. The lowest BCUT2D eigenvalue weighted by Crippen LogP contribution is -2.14. The van der Waals surface area contributed by atoms with Gasteiger partial charge in [-0.3, -0.25) is 14.9 Å². The van der Waals surface area contributed by atoms with Crippen LogP contribution in [0.2, 0.25) is 0 Å². The number of nitro groups is 1. The van der Waals surface area contributed by atoms with Crippen molar-refractivity contribution in [2.45, 2.75) is 6.04 Å². The monoisotopic (exact) mass is 350 g/mol. The number of anilines is 1. The molecule has 0 aromatic heterocycles. The van der Waals surface area contributed by atoms with Crippen molar-refractivity contribution in [3.05, 3.63) is 105 Å². The fourth-order valence-corrected chi connectivity index (χ4v) is 2.75. The molecule has 3 aromatic rings. The van der Waals surface area contributed by atoms with E-state index in [4.69, 9.17) is 0 Å². The Bertz CT molecular complexity index is 891. The molecule has 0 unspecified atom stereocenters. The normalized spacial score (nSPS) is 10.5. The van der Waals surface area contributed by atoms with Gasteiger partial charge in [-0.1, -0.05) is 60.7 Å². The van der Waals surface area contributed by atoms with Crippen LogP contribution in [-0.4, -0.2) is 11.2 Å². The molecule has 0 radical (unpaired) electrons. The Morgan fingerprint density at radius 3 is 1.96 bits per heavy atom. The minimum atomic E-state index is -0.792. The Balaban J connectivity index is 2.05. The summed E-state index contributed by atoms with van der Waals surface area (Å²) in [6.07, 6.45) is 0.350. The Morgan fingerprint density at radius 2 is 1.50 bits per heavy atom. The molecule has 0 heterocycles. The highest BCUT2D eigenvalue weighted by Crippen LogP contribution is 2.31. The van der Waals surface area contributed by atoms with Crippen LogP contribution in [0.5, 0.6) is 0 Å². The standard InChI is InChI=1S/C20H15FN2O3/c21-17-12-19(23(25)26)16(13-24)11-18(17)22-20(14-7-3-1-4-8-14)15-9-5-2-6-10-15/h1-13,20,22H. The van der Waals surface area contributed by atoms with Gasteiger partial charge in [0.25, 0.3) is 5.69 Å². The van der Waals surface area contributed by atoms with Gasteiger partial charge in [0.1, 0.15) is 0 Å². The average molecular weight is 350 g/mol. The van der Waals surface area contributed by atoms with Crippen molar-refractivity contribution < 1.29 is 14.1 Å². The third-order valence-corrected chi connectivity index (χ3v) is 4.01. The van der Waals surface area contributed by atoms with Crippen LogP contribution in [0.1, 0.15) is 27.5 Å². The minimum Gasteiger partial charge on any atom is -0.372 e. The average Bonchev–Trinajstić information content (AvgIpc) is 2.68. The number of halogens is 1. The van der Waals surface area contributed by atoms with E-state index in [2.05, 4.69) is 5.32 Å². The summed E-state index contributed by atoms with van der Waals surface area (Å²) in [5.74, 6) is -0.792. The van der Waals surface area contributed by atoms with Gasteiger partial charge in [0, 0.05) is 0 Å². The van der Waals surface area contributed by atoms with Gasteiger partial charge >= 0.3 is 0 Å². The van der Waals surface area contributed by atoms with Gasteiger partial charge in [0.05, 0.1) is 28.3 Å². The van der Waals surface area contributed by atoms with E-state index in [1.807, 2.05) is 60.7 Å². The van der Waals surface area contributed by atoms with E-state index >= 15 is 0 Å². The molecule has 0 amide bonds. The van der Waals surface area contributed by atoms with Crippen LogP contribution in [0.4, 0.5) is 15.8 Å². The van der Waals surface area contributed by atoms with Crippen molar-refractivity contribution in [2.75, 3.05) is 5.32 Å². The van der Waals surface area contributed by atoms with Crippen LogP contribution in [-0.2, 0) is 0 Å². The van der Waals surface area contributed by atoms with Crippen molar-refractivity contribution in [3.8, 4) is 0 Å². The van der Waals surface area contributed by atoms with Crippen molar-refractivity contribution in [2.24, 2.45) is 0 Å². The first-order chi connectivity index (χ1) is 12.6. The van der Waals surface area contributed by atoms with Crippen molar-refractivity contribution in [3.63, 3.8) is 0 Å². The van der Waals surface area contributed by atoms with E-state index in [0.717, 1.165) is 17.2 Å². The molecule has 0 saturated carbocycles. The van der Waals surface area contributed by atoms with Crippen LogP contribution >= 0.6 is 0 Å². The van der Waals surface area contributed by atoms with Crippen molar-refractivity contribution >= 4 is 17.7 Å². The summed E-state index contributed by atoms with van der Waals surface area (Å²) in [4.78, 5) is 21.4. The third kappa shape index (κ3) is 3.59. The molecule has 5 nitrogen and oxygen atoms in total. The van der Waals surface area contributed by atoms with Crippen LogP contribution in [0.3, 0.4) is 0 Å². The Kier molecular flexibility index (Phi) is 5.03. The molecule has 0 bridgehead atoms. The predicted molar refractivity (Wildman–Crippen MR) is 96.8 cm³/mol. The molecule has 0 fully saturated rings. The van der Waals surface area contributed by atoms with E-state index in [9.17, 15) is 19.3 Å². The second-order valence-corrected chi connectivity index (χ2v) is 5.66. The first-order valence-corrected chi connectivity index (χ1v) is 7.89. The maximum atomic E-state index is 14.4. The zero-order chi connectivity index (χ0) is 18.5. The molecule has 0 spiro atoms. The summed E-state index contributed by atoms with van der Waals surface area (Å²) >= 11 is 0. The SMILES string of the molecule is O=Cc1cc(NC(c2ccccc2)c2ccccc2)c(F)cc1[N+](=O)[O-]. The van der Waals surface area contributed by atoms with Crippen molar-refractivity contribution in [1.29, 1.82) is 0 Å². The Hall–Kier alpha value is -3.54. The zero-order valence-corrected chi connectivity index (χ0v) is 13.6. The topological polar surface area (TPSA) is 72.2 Å². The Labute approximate surface area is 149 Å². The lowest BCUT2D eigenvalue weighted by Gasteiger charge is -2.21. The molecule has 0 aliphatic carbocycles. The second-order valence-electron chi connectivity index (χ2n) is 5.66. The summed E-state index contributed by atoms with van der Waals surface area (Å²) in [6.45, 7) is 0. The fourth-order valence-electron chi connectivity index (χ4n) is 2.75. The quantitative estimate of drug-likeness (QED) is 0.396. The van der Waals surface area contributed by atoms with Gasteiger partial charge in [-0.15, -0.1) is 0 Å². The first kappa shape index (κ1) is 17.3. The molecule has 0 atom stereocenters. The molecular formula is C20H15FN2O3. The molecule has 130 valence electrons. The molecule has 3 rings (SSSR count). The molecule has 0 aliphatic heterocycles. The van der Waals surface area contributed by atoms with Gasteiger partial charge in [-0.25, -0.2) is 4.39 Å². The molecule has 6 heteroatoms. The Morgan fingerprint density at radius 1 is 0.962 bits per heavy atom. The number of carbonyl (C=O) groups excluding carboxylic acids is 1. The number of benzene rings is 3. The number of rotatable bonds is 6. The molecular weight excluding hydrogens is 335 g/mol. The van der Waals surface area contributed by atoms with E-state index in [-0.39, 0.29) is 17.3 Å². The number of nitro benzene ring substituents is 1. The molecule has 26 heavy (non-hydrogen) atoms. The number of aldehydes is 1.